The highest BCUT2D eigenvalue weighted by Crippen LogP contribution is 2.26. The van der Waals surface area contributed by atoms with Crippen molar-refractivity contribution in [1.29, 1.82) is 0 Å². The van der Waals surface area contributed by atoms with Crippen LogP contribution < -0.4 is 4.72 Å². The molecule has 15 heavy (non-hydrogen) atoms. The average Bonchev–Trinajstić information content (AvgIpc) is 2.06. The fraction of sp³-hybridized carbons (Fsp3) is 1.00. The van der Waals surface area contributed by atoms with Crippen LogP contribution in [0.3, 0.4) is 0 Å². The number of sulfonamides is 1. The number of hydrogen-bond acceptors (Lipinski definition) is 2. The Balaban J connectivity index is 2.69. The van der Waals surface area contributed by atoms with Crippen molar-refractivity contribution >= 4 is 26.0 Å². The van der Waals surface area contributed by atoms with E-state index in [9.17, 15) is 8.42 Å². The Hall–Kier alpha value is 0.390. The molecule has 0 amide bonds. The van der Waals surface area contributed by atoms with Crippen molar-refractivity contribution in [3.63, 3.8) is 0 Å². The molecule has 0 aliphatic heterocycles. The van der Waals surface area contributed by atoms with Crippen molar-refractivity contribution < 1.29 is 8.42 Å². The van der Waals surface area contributed by atoms with Gasteiger partial charge in [-0.05, 0) is 33.6 Å². The Bertz CT molecular complexity index is 308. The third-order valence-electron chi connectivity index (χ3n) is 2.79. The monoisotopic (exact) mass is 297 g/mol. The lowest BCUT2D eigenvalue weighted by atomic mass is 9.96. The van der Waals surface area contributed by atoms with Crippen LogP contribution in [0, 0.1) is 0 Å². The number of hydrogen-bond donors (Lipinski definition) is 1. The van der Waals surface area contributed by atoms with Crippen LogP contribution in [0.4, 0.5) is 0 Å². The molecule has 0 bridgehead atoms. The maximum atomic E-state index is 11.9. The normalized spacial score (nSPS) is 29.1. The van der Waals surface area contributed by atoms with Crippen LogP contribution in [0.25, 0.3) is 0 Å². The van der Waals surface area contributed by atoms with Gasteiger partial charge in [-0.1, -0.05) is 28.8 Å². The van der Waals surface area contributed by atoms with E-state index in [4.69, 9.17) is 0 Å². The lowest BCUT2D eigenvalue weighted by Crippen LogP contribution is -2.48. The Kier molecular flexibility index (Phi) is 4.23. The summed E-state index contributed by atoms with van der Waals surface area (Å²) in [6.45, 7) is 5.17. The summed E-state index contributed by atoms with van der Waals surface area (Å²) in [5, 5.41) is 0. The zero-order valence-electron chi connectivity index (χ0n) is 9.59. The summed E-state index contributed by atoms with van der Waals surface area (Å²) in [4.78, 5) is 0.281. The molecule has 1 N–H and O–H groups in total. The van der Waals surface area contributed by atoms with Gasteiger partial charge in [0.05, 0.1) is 4.75 Å². The highest BCUT2D eigenvalue weighted by atomic mass is 79.9. The van der Waals surface area contributed by atoms with Gasteiger partial charge in [-0.2, -0.15) is 0 Å². The molecule has 1 saturated carbocycles. The van der Waals surface area contributed by atoms with Gasteiger partial charge < -0.3 is 0 Å². The smallest absolute Gasteiger partial charge is 0.212 e. The van der Waals surface area contributed by atoms with E-state index in [1.807, 2.05) is 0 Å². The van der Waals surface area contributed by atoms with Crippen molar-refractivity contribution in [3.8, 4) is 0 Å². The second-order valence-electron chi connectivity index (χ2n) is 5.14. The van der Waals surface area contributed by atoms with E-state index in [-0.39, 0.29) is 10.9 Å². The first-order valence-corrected chi connectivity index (χ1v) is 7.80. The van der Waals surface area contributed by atoms with Crippen LogP contribution in [0.1, 0.15) is 46.5 Å². The average molecular weight is 298 g/mol. The lowest BCUT2D eigenvalue weighted by Gasteiger charge is -2.31. The van der Waals surface area contributed by atoms with Crippen LogP contribution in [0.5, 0.6) is 0 Å². The molecule has 0 saturated heterocycles. The van der Waals surface area contributed by atoms with Crippen LogP contribution in [-0.2, 0) is 10.0 Å². The summed E-state index contributed by atoms with van der Waals surface area (Å²) in [6.07, 6.45) is 4.28. The molecule has 1 aliphatic rings. The summed E-state index contributed by atoms with van der Waals surface area (Å²) in [5.74, 6) is 0. The van der Waals surface area contributed by atoms with E-state index in [1.54, 1.807) is 20.8 Å². The summed E-state index contributed by atoms with van der Waals surface area (Å²) in [5.41, 5.74) is 0. The van der Waals surface area contributed by atoms with Gasteiger partial charge in [0, 0.05) is 10.9 Å². The standard InChI is InChI=1S/C10H20BrNO2S/c1-10(2,3)15(13,14)12-9-7-5-4-6-8(9)11/h8-9,12H,4-7H2,1-3H3. The summed E-state index contributed by atoms with van der Waals surface area (Å²) >= 11 is 3.55. The number of nitrogens with one attached hydrogen (secondary N) is 1. The van der Waals surface area contributed by atoms with Crippen LogP contribution in [0.15, 0.2) is 0 Å². The molecule has 0 radical (unpaired) electrons. The molecule has 0 heterocycles. The number of halogens is 1. The van der Waals surface area contributed by atoms with Crippen molar-refractivity contribution in [3.05, 3.63) is 0 Å². The molecule has 0 aromatic carbocycles. The van der Waals surface area contributed by atoms with Crippen molar-refractivity contribution in [2.45, 2.75) is 62.1 Å². The van der Waals surface area contributed by atoms with E-state index in [2.05, 4.69) is 20.7 Å². The number of alkyl halides is 1. The Morgan fingerprint density at radius 3 is 2.20 bits per heavy atom. The van der Waals surface area contributed by atoms with Crippen LogP contribution in [-0.4, -0.2) is 24.0 Å². The first kappa shape index (κ1) is 13.5. The molecule has 0 aromatic rings. The van der Waals surface area contributed by atoms with E-state index >= 15 is 0 Å². The van der Waals surface area contributed by atoms with E-state index in [0.29, 0.717) is 0 Å². The first-order chi connectivity index (χ1) is 6.74. The Morgan fingerprint density at radius 2 is 1.73 bits per heavy atom. The maximum Gasteiger partial charge on any atom is 0.216 e. The molecule has 90 valence electrons. The van der Waals surface area contributed by atoms with Crippen LogP contribution in [0.2, 0.25) is 0 Å². The lowest BCUT2D eigenvalue weighted by molar-refractivity contribution is 0.422. The molecule has 5 heteroatoms. The van der Waals surface area contributed by atoms with Crippen molar-refractivity contribution in [2.24, 2.45) is 0 Å². The Morgan fingerprint density at radius 1 is 1.20 bits per heavy atom. The molecular formula is C10H20BrNO2S. The second-order valence-corrected chi connectivity index (χ2v) is 8.78. The number of rotatable bonds is 2. The third kappa shape index (κ3) is 3.43. The highest BCUT2D eigenvalue weighted by Gasteiger charge is 2.34. The minimum Gasteiger partial charge on any atom is -0.212 e. The fourth-order valence-electron chi connectivity index (χ4n) is 1.59. The van der Waals surface area contributed by atoms with Crippen molar-refractivity contribution in [1.82, 2.24) is 4.72 Å². The van der Waals surface area contributed by atoms with Gasteiger partial charge in [-0.25, -0.2) is 13.1 Å². The molecule has 1 rings (SSSR count). The van der Waals surface area contributed by atoms with Gasteiger partial charge >= 0.3 is 0 Å². The second kappa shape index (κ2) is 4.72. The third-order valence-corrected chi connectivity index (χ3v) is 6.12. The largest absolute Gasteiger partial charge is 0.216 e. The SMILES string of the molecule is CC(C)(C)S(=O)(=O)NC1CCCCC1Br. The zero-order valence-corrected chi connectivity index (χ0v) is 12.0. The van der Waals surface area contributed by atoms with Gasteiger partial charge in [0.2, 0.25) is 10.0 Å². The topological polar surface area (TPSA) is 46.2 Å². The molecule has 0 spiro atoms. The summed E-state index contributed by atoms with van der Waals surface area (Å²) in [6, 6.07) is 0.0583. The summed E-state index contributed by atoms with van der Waals surface area (Å²) < 4.78 is 26.0. The van der Waals surface area contributed by atoms with Crippen molar-refractivity contribution in [2.75, 3.05) is 0 Å². The molecule has 1 aliphatic carbocycles. The van der Waals surface area contributed by atoms with Crippen LogP contribution >= 0.6 is 15.9 Å². The van der Waals surface area contributed by atoms with E-state index in [1.165, 1.54) is 6.42 Å². The molecule has 0 aromatic heterocycles. The van der Waals surface area contributed by atoms with E-state index < -0.39 is 14.8 Å². The zero-order chi connectivity index (χ0) is 11.7. The molecule has 2 unspecified atom stereocenters. The first-order valence-electron chi connectivity index (χ1n) is 5.40. The van der Waals surface area contributed by atoms with Gasteiger partial charge in [0.15, 0.2) is 0 Å². The van der Waals surface area contributed by atoms with Gasteiger partial charge in [0.25, 0.3) is 0 Å². The van der Waals surface area contributed by atoms with E-state index in [0.717, 1.165) is 19.3 Å². The fourth-order valence-corrected chi connectivity index (χ4v) is 3.52. The molecular weight excluding hydrogens is 278 g/mol. The molecule has 3 nitrogen and oxygen atoms in total. The van der Waals surface area contributed by atoms with Gasteiger partial charge in [-0.15, -0.1) is 0 Å². The highest BCUT2D eigenvalue weighted by molar-refractivity contribution is 9.09. The Labute approximate surface area is 101 Å². The quantitative estimate of drug-likeness (QED) is 0.796. The van der Waals surface area contributed by atoms with Gasteiger partial charge in [-0.3, -0.25) is 0 Å². The predicted molar refractivity (Wildman–Crippen MR) is 66.8 cm³/mol. The molecule has 2 atom stereocenters. The van der Waals surface area contributed by atoms with Gasteiger partial charge in [0.1, 0.15) is 0 Å². The predicted octanol–water partition coefficient (Wildman–Crippen LogP) is 2.41. The minimum atomic E-state index is -3.21. The molecule has 1 fully saturated rings. The minimum absolute atomic E-state index is 0.0583. The summed E-state index contributed by atoms with van der Waals surface area (Å²) in [7, 11) is -3.21. The maximum absolute atomic E-state index is 11.9.